The Morgan fingerprint density at radius 2 is 1.81 bits per heavy atom. The molecule has 1 aliphatic heterocycles. The van der Waals surface area contributed by atoms with Crippen LogP contribution >= 0.6 is 15.9 Å². The number of rotatable bonds is 4. The third-order valence-corrected chi connectivity index (χ3v) is 7.16. The lowest BCUT2D eigenvalue weighted by molar-refractivity contribution is 0.231. The van der Waals surface area contributed by atoms with Gasteiger partial charge in [0.25, 0.3) is 0 Å². The van der Waals surface area contributed by atoms with Gasteiger partial charge in [-0.15, -0.1) is 0 Å². The van der Waals surface area contributed by atoms with Gasteiger partial charge in [0.2, 0.25) is 26.9 Å². The first-order valence-electron chi connectivity index (χ1n) is 8.98. The number of phenols is 1. The van der Waals surface area contributed by atoms with Crippen LogP contribution < -0.4 is 15.9 Å². The van der Waals surface area contributed by atoms with Crippen LogP contribution in [0, 0.1) is 0 Å². The number of allylic oxidation sites excluding steroid dienone is 1. The van der Waals surface area contributed by atoms with Gasteiger partial charge in [0.1, 0.15) is 23.0 Å². The van der Waals surface area contributed by atoms with Gasteiger partial charge in [-0.05, 0) is 30.3 Å². The molecule has 0 saturated heterocycles. The zero-order chi connectivity index (χ0) is 22.3. The Kier molecular flexibility index (Phi) is 5.38. The Balaban J connectivity index is 2.08. The van der Waals surface area contributed by atoms with Gasteiger partial charge in [-0.25, -0.2) is 8.42 Å². The lowest BCUT2D eigenvalue weighted by atomic mass is 9.92. The molecule has 1 unspecified atom stereocenters. The smallest absolute Gasteiger partial charge is 0.228 e. The number of aliphatic hydroxyl groups is 1. The second-order valence-electron chi connectivity index (χ2n) is 6.71. The van der Waals surface area contributed by atoms with Gasteiger partial charge in [0, 0.05) is 16.1 Å². The third kappa shape index (κ3) is 3.62. The summed E-state index contributed by atoms with van der Waals surface area (Å²) in [6.45, 7) is -0.598. The van der Waals surface area contributed by atoms with Crippen molar-refractivity contribution in [3.63, 3.8) is 0 Å². The van der Waals surface area contributed by atoms with E-state index in [1.54, 1.807) is 24.3 Å². The number of phenolic OH excluding ortho intramolecular Hbond substituents is 1. The highest BCUT2D eigenvalue weighted by atomic mass is 79.9. The molecule has 31 heavy (non-hydrogen) atoms. The van der Waals surface area contributed by atoms with Crippen LogP contribution in [-0.2, 0) is 16.4 Å². The van der Waals surface area contributed by atoms with Gasteiger partial charge in [-0.2, -0.15) is 0 Å². The van der Waals surface area contributed by atoms with Crippen LogP contribution in [0.3, 0.4) is 0 Å². The second kappa shape index (κ2) is 7.88. The lowest BCUT2D eigenvalue weighted by Crippen LogP contribution is -2.29. The molecule has 0 radical (unpaired) electrons. The molecule has 4 rings (SSSR count). The number of sulfone groups is 1. The Bertz CT molecular complexity index is 1360. The van der Waals surface area contributed by atoms with Gasteiger partial charge >= 0.3 is 0 Å². The number of halogens is 1. The predicted octanol–water partition coefficient (Wildman–Crippen LogP) is 2.73. The minimum Gasteiger partial charge on any atom is -0.508 e. The molecule has 0 amide bonds. The van der Waals surface area contributed by atoms with Crippen molar-refractivity contribution in [3.05, 3.63) is 97.2 Å². The normalized spacial score (nSPS) is 16.0. The molecule has 8 nitrogen and oxygen atoms in total. The fourth-order valence-electron chi connectivity index (χ4n) is 3.39. The maximum absolute atomic E-state index is 13.5. The second-order valence-corrected chi connectivity index (χ2v) is 9.55. The van der Waals surface area contributed by atoms with Crippen LogP contribution in [0.15, 0.2) is 84.0 Å². The van der Waals surface area contributed by atoms with Crippen molar-refractivity contribution in [2.24, 2.45) is 5.73 Å². The quantitative estimate of drug-likeness (QED) is 0.491. The number of hydrogen-bond acceptors (Lipinski definition) is 8. The fourth-order valence-corrected chi connectivity index (χ4v) is 5.39. The molecule has 0 bridgehead atoms. The van der Waals surface area contributed by atoms with Crippen molar-refractivity contribution >= 4 is 25.8 Å². The molecule has 1 aromatic heterocycles. The molecular formula is C21H16BrNO7S. The van der Waals surface area contributed by atoms with Crippen molar-refractivity contribution in [2.75, 3.05) is 0 Å². The van der Waals surface area contributed by atoms with E-state index in [1.807, 2.05) is 0 Å². The molecule has 1 atom stereocenters. The highest BCUT2D eigenvalue weighted by Gasteiger charge is 2.43. The fraction of sp³-hybridized carbons (Fsp3) is 0.0952. The first-order valence-corrected chi connectivity index (χ1v) is 11.3. The first kappa shape index (κ1) is 21.2. The van der Waals surface area contributed by atoms with E-state index in [1.165, 1.54) is 24.3 Å². The van der Waals surface area contributed by atoms with E-state index in [0.717, 1.165) is 6.07 Å². The van der Waals surface area contributed by atoms with Crippen LogP contribution in [0.4, 0.5) is 0 Å². The third-order valence-electron chi connectivity index (χ3n) is 4.76. The standard InChI is InChI=1S/C21H16BrNO7S/c22-11-6-7-15(25)14(8-11)17-19-18(16(26)9-12(10-24)29-19)30-21(23)20(17)31(27,28)13-4-2-1-3-5-13/h1-9,17,24-25H,10,23H2. The maximum atomic E-state index is 13.5. The van der Waals surface area contributed by atoms with Crippen molar-refractivity contribution < 1.29 is 27.8 Å². The Morgan fingerprint density at radius 3 is 2.48 bits per heavy atom. The molecule has 10 heteroatoms. The van der Waals surface area contributed by atoms with Gasteiger partial charge < -0.3 is 25.1 Å². The van der Waals surface area contributed by atoms with E-state index in [4.69, 9.17) is 14.9 Å². The molecule has 0 saturated carbocycles. The molecule has 160 valence electrons. The SMILES string of the molecule is NC1=C(S(=O)(=O)c2ccccc2)C(c2cc(Br)ccc2O)c2oc(CO)cc(=O)c2O1. The van der Waals surface area contributed by atoms with Gasteiger partial charge in [-0.3, -0.25) is 4.79 Å². The average Bonchev–Trinajstić information content (AvgIpc) is 2.75. The van der Waals surface area contributed by atoms with Crippen LogP contribution in [0.25, 0.3) is 0 Å². The molecule has 0 aliphatic carbocycles. The number of nitrogens with two attached hydrogens (primary N) is 1. The van der Waals surface area contributed by atoms with Gasteiger partial charge in [-0.1, -0.05) is 34.1 Å². The number of fused-ring (bicyclic) bond motifs is 1. The Morgan fingerprint density at radius 1 is 1.10 bits per heavy atom. The summed E-state index contributed by atoms with van der Waals surface area (Å²) in [5, 5.41) is 20.0. The van der Waals surface area contributed by atoms with Crippen LogP contribution in [0.1, 0.15) is 23.0 Å². The number of hydrogen-bond donors (Lipinski definition) is 3. The van der Waals surface area contributed by atoms with Crippen molar-refractivity contribution in [2.45, 2.75) is 17.4 Å². The van der Waals surface area contributed by atoms with E-state index in [9.17, 15) is 23.4 Å². The molecule has 4 N–H and O–H groups in total. The molecule has 1 aliphatic rings. The number of aromatic hydroxyl groups is 1. The summed E-state index contributed by atoms with van der Waals surface area (Å²) in [4.78, 5) is 12.1. The van der Waals surface area contributed by atoms with Crippen LogP contribution in [-0.4, -0.2) is 18.6 Å². The Labute approximate surface area is 185 Å². The summed E-state index contributed by atoms with van der Waals surface area (Å²) in [6, 6.07) is 13.0. The zero-order valence-corrected chi connectivity index (χ0v) is 18.2. The first-order chi connectivity index (χ1) is 14.7. The monoisotopic (exact) mass is 505 g/mol. The van der Waals surface area contributed by atoms with E-state index < -0.39 is 38.6 Å². The molecular weight excluding hydrogens is 490 g/mol. The highest BCUT2D eigenvalue weighted by Crippen LogP contribution is 2.47. The minimum atomic E-state index is -4.23. The summed E-state index contributed by atoms with van der Waals surface area (Å²) < 4.78 is 38.7. The average molecular weight is 506 g/mol. The summed E-state index contributed by atoms with van der Waals surface area (Å²) in [5.74, 6) is -2.65. The molecule has 3 aromatic rings. The summed E-state index contributed by atoms with van der Waals surface area (Å²) in [7, 11) is -4.23. The molecule has 0 fully saturated rings. The number of ether oxygens (including phenoxy) is 1. The Hall–Kier alpha value is -3.08. The highest BCUT2D eigenvalue weighted by molar-refractivity contribution is 9.10. The largest absolute Gasteiger partial charge is 0.508 e. The molecule has 2 heterocycles. The molecule has 0 spiro atoms. The van der Waals surface area contributed by atoms with Crippen molar-refractivity contribution in [3.8, 4) is 11.5 Å². The van der Waals surface area contributed by atoms with E-state index in [-0.39, 0.29) is 33.5 Å². The zero-order valence-electron chi connectivity index (χ0n) is 15.8. The van der Waals surface area contributed by atoms with Gasteiger partial charge in [0.15, 0.2) is 5.76 Å². The van der Waals surface area contributed by atoms with Gasteiger partial charge in [0.05, 0.1) is 10.8 Å². The predicted molar refractivity (Wildman–Crippen MR) is 114 cm³/mol. The summed E-state index contributed by atoms with van der Waals surface area (Å²) >= 11 is 3.30. The number of benzene rings is 2. The van der Waals surface area contributed by atoms with Crippen LogP contribution in [0.5, 0.6) is 11.5 Å². The van der Waals surface area contributed by atoms with E-state index in [0.29, 0.717) is 4.47 Å². The van der Waals surface area contributed by atoms with Crippen LogP contribution in [0.2, 0.25) is 0 Å². The minimum absolute atomic E-state index is 0.0554. The summed E-state index contributed by atoms with van der Waals surface area (Å²) in [5.41, 5.74) is 5.50. The van der Waals surface area contributed by atoms with Crippen molar-refractivity contribution in [1.82, 2.24) is 0 Å². The summed E-state index contributed by atoms with van der Waals surface area (Å²) in [6.07, 6.45) is 0. The lowest BCUT2D eigenvalue weighted by Gasteiger charge is -2.28. The van der Waals surface area contributed by atoms with Crippen molar-refractivity contribution in [1.29, 1.82) is 0 Å². The van der Waals surface area contributed by atoms with E-state index >= 15 is 0 Å². The molecule has 2 aromatic carbocycles. The number of aliphatic hydroxyl groups excluding tert-OH is 1. The topological polar surface area (TPSA) is 140 Å². The maximum Gasteiger partial charge on any atom is 0.228 e. The van der Waals surface area contributed by atoms with E-state index in [2.05, 4.69) is 15.9 Å².